The van der Waals surface area contributed by atoms with Crippen molar-refractivity contribution in [3.8, 4) is 0 Å². The summed E-state index contributed by atoms with van der Waals surface area (Å²) < 4.78 is 5.17. The van der Waals surface area contributed by atoms with Gasteiger partial charge in [-0.25, -0.2) is 0 Å². The van der Waals surface area contributed by atoms with Crippen LogP contribution in [0.4, 0.5) is 0 Å². The summed E-state index contributed by atoms with van der Waals surface area (Å²) in [5.74, 6) is 1.55. The fourth-order valence-electron chi connectivity index (χ4n) is 2.39. The first-order valence-corrected chi connectivity index (χ1v) is 8.38. The Morgan fingerprint density at radius 3 is 2.65 bits per heavy atom. The van der Waals surface area contributed by atoms with Crippen molar-refractivity contribution in [1.82, 2.24) is 16.0 Å². The second-order valence-corrected chi connectivity index (χ2v) is 5.98. The van der Waals surface area contributed by atoms with Crippen molar-refractivity contribution in [2.24, 2.45) is 4.99 Å². The van der Waals surface area contributed by atoms with Crippen molar-refractivity contribution < 1.29 is 9.21 Å². The van der Waals surface area contributed by atoms with Gasteiger partial charge in [0.25, 0.3) is 0 Å². The average Bonchev–Trinajstić information content (AvgIpc) is 3.13. The molecule has 26 heavy (non-hydrogen) atoms. The average molecular weight is 470 g/mol. The fraction of sp³-hybridized carbons (Fsp3) is 0.368. The molecule has 0 saturated carbocycles. The van der Waals surface area contributed by atoms with Crippen molar-refractivity contribution in [3.63, 3.8) is 0 Å². The van der Waals surface area contributed by atoms with Gasteiger partial charge >= 0.3 is 0 Å². The summed E-state index contributed by atoms with van der Waals surface area (Å²) in [5.41, 5.74) is 2.53. The van der Waals surface area contributed by atoms with Crippen molar-refractivity contribution in [1.29, 1.82) is 0 Å². The van der Waals surface area contributed by atoms with Gasteiger partial charge in [0.2, 0.25) is 5.91 Å². The second kappa shape index (κ2) is 11.6. The summed E-state index contributed by atoms with van der Waals surface area (Å²) in [6.07, 6.45) is 1.58. The van der Waals surface area contributed by atoms with Gasteiger partial charge in [0.15, 0.2) is 5.96 Å². The molecule has 1 heterocycles. The summed E-state index contributed by atoms with van der Waals surface area (Å²) in [6.45, 7) is 5.51. The van der Waals surface area contributed by atoms with Crippen molar-refractivity contribution >= 4 is 35.8 Å². The summed E-state index contributed by atoms with van der Waals surface area (Å²) in [5, 5.41) is 9.05. The number of nitrogens with zero attached hydrogens (tertiary/aromatic N) is 1. The molecule has 2 aromatic rings. The number of aliphatic imine (C=N–C) groups is 1. The number of hydrogen-bond donors (Lipinski definition) is 3. The highest BCUT2D eigenvalue weighted by molar-refractivity contribution is 14.0. The molecule has 0 aliphatic heterocycles. The SMILES string of the molecule is CN=C(NCC(=O)NCc1ccco1)NCC(C)c1cccc(C)c1.I. The van der Waals surface area contributed by atoms with E-state index in [-0.39, 0.29) is 36.4 Å². The standard InChI is InChI=1S/C19H26N4O2.HI/c1-14-6-4-7-16(10-14)15(2)11-22-19(20-3)23-13-18(24)21-12-17-8-5-9-25-17;/h4-10,15H,11-13H2,1-3H3,(H,21,24)(H2,20,22,23);1H. The summed E-state index contributed by atoms with van der Waals surface area (Å²) in [7, 11) is 1.69. The molecule has 7 heteroatoms. The van der Waals surface area contributed by atoms with Crippen LogP contribution in [0.15, 0.2) is 52.1 Å². The Hall–Kier alpha value is -2.03. The molecule has 142 valence electrons. The van der Waals surface area contributed by atoms with Gasteiger partial charge in [-0.2, -0.15) is 0 Å². The van der Waals surface area contributed by atoms with Crippen LogP contribution in [0.2, 0.25) is 0 Å². The van der Waals surface area contributed by atoms with Crippen LogP contribution in [0.1, 0.15) is 29.7 Å². The second-order valence-electron chi connectivity index (χ2n) is 5.98. The number of nitrogens with one attached hydrogen (secondary N) is 3. The molecule has 1 amide bonds. The fourth-order valence-corrected chi connectivity index (χ4v) is 2.39. The molecule has 1 aromatic heterocycles. The van der Waals surface area contributed by atoms with E-state index < -0.39 is 0 Å². The number of rotatable bonds is 7. The summed E-state index contributed by atoms with van der Waals surface area (Å²) in [6, 6.07) is 12.1. The van der Waals surface area contributed by atoms with Gasteiger partial charge in [-0.1, -0.05) is 36.8 Å². The Morgan fingerprint density at radius 2 is 2.00 bits per heavy atom. The Kier molecular flexibility index (Phi) is 9.79. The number of aryl methyl sites for hydroxylation is 1. The van der Waals surface area contributed by atoms with E-state index in [9.17, 15) is 4.79 Å². The molecular formula is C19H27IN4O2. The van der Waals surface area contributed by atoms with E-state index in [1.54, 1.807) is 19.4 Å². The van der Waals surface area contributed by atoms with Crippen LogP contribution >= 0.6 is 24.0 Å². The lowest BCUT2D eigenvalue weighted by molar-refractivity contribution is -0.120. The molecule has 0 fully saturated rings. The zero-order chi connectivity index (χ0) is 18.1. The van der Waals surface area contributed by atoms with Crippen LogP contribution in [-0.2, 0) is 11.3 Å². The monoisotopic (exact) mass is 470 g/mol. The number of furan rings is 1. The predicted octanol–water partition coefficient (Wildman–Crippen LogP) is 2.79. The van der Waals surface area contributed by atoms with E-state index in [0.717, 1.165) is 12.3 Å². The number of carbonyl (C=O) groups excluding carboxylic acids is 1. The third-order valence-corrected chi connectivity index (χ3v) is 3.87. The predicted molar refractivity (Wildman–Crippen MR) is 115 cm³/mol. The maximum atomic E-state index is 11.9. The summed E-state index contributed by atoms with van der Waals surface area (Å²) in [4.78, 5) is 16.0. The zero-order valence-electron chi connectivity index (χ0n) is 15.4. The van der Waals surface area contributed by atoms with Gasteiger partial charge in [0.05, 0.1) is 19.4 Å². The van der Waals surface area contributed by atoms with E-state index in [4.69, 9.17) is 4.42 Å². The van der Waals surface area contributed by atoms with Crippen LogP contribution in [0.3, 0.4) is 0 Å². The lowest BCUT2D eigenvalue weighted by Crippen LogP contribution is -2.43. The van der Waals surface area contributed by atoms with E-state index in [1.807, 2.05) is 6.07 Å². The van der Waals surface area contributed by atoms with E-state index in [2.05, 4.69) is 59.1 Å². The van der Waals surface area contributed by atoms with Gasteiger partial charge < -0.3 is 20.4 Å². The number of halogens is 1. The van der Waals surface area contributed by atoms with Gasteiger partial charge in [0, 0.05) is 13.6 Å². The topological polar surface area (TPSA) is 78.7 Å². The van der Waals surface area contributed by atoms with Crippen molar-refractivity contribution in [3.05, 3.63) is 59.5 Å². The van der Waals surface area contributed by atoms with E-state index in [0.29, 0.717) is 18.4 Å². The van der Waals surface area contributed by atoms with Gasteiger partial charge in [-0.05, 0) is 30.5 Å². The van der Waals surface area contributed by atoms with Gasteiger partial charge in [-0.15, -0.1) is 24.0 Å². The molecule has 0 radical (unpaired) electrons. The smallest absolute Gasteiger partial charge is 0.239 e. The number of hydrogen-bond acceptors (Lipinski definition) is 3. The first kappa shape index (κ1) is 22.0. The Bertz CT molecular complexity index is 701. The lowest BCUT2D eigenvalue weighted by atomic mass is 9.99. The van der Waals surface area contributed by atoms with Crippen LogP contribution < -0.4 is 16.0 Å². The molecule has 0 spiro atoms. The minimum Gasteiger partial charge on any atom is -0.467 e. The quantitative estimate of drug-likeness (QED) is 0.331. The molecule has 3 N–H and O–H groups in total. The van der Waals surface area contributed by atoms with Crippen LogP contribution in [0.25, 0.3) is 0 Å². The maximum absolute atomic E-state index is 11.9. The molecule has 2 rings (SSSR count). The van der Waals surface area contributed by atoms with Gasteiger partial charge in [0.1, 0.15) is 5.76 Å². The van der Waals surface area contributed by atoms with E-state index in [1.165, 1.54) is 11.1 Å². The molecule has 0 aliphatic rings. The summed E-state index contributed by atoms with van der Waals surface area (Å²) >= 11 is 0. The maximum Gasteiger partial charge on any atom is 0.239 e. The molecule has 0 bridgehead atoms. The normalized spacial score (nSPS) is 12.0. The van der Waals surface area contributed by atoms with Crippen LogP contribution in [-0.4, -0.2) is 32.0 Å². The number of guanidine groups is 1. The molecule has 0 saturated heterocycles. The Labute approximate surface area is 171 Å². The van der Waals surface area contributed by atoms with Crippen molar-refractivity contribution in [2.75, 3.05) is 20.1 Å². The third kappa shape index (κ3) is 7.47. The highest BCUT2D eigenvalue weighted by Gasteiger charge is 2.08. The first-order valence-electron chi connectivity index (χ1n) is 8.38. The number of amides is 1. The highest BCUT2D eigenvalue weighted by Crippen LogP contribution is 2.15. The number of carbonyl (C=O) groups is 1. The third-order valence-electron chi connectivity index (χ3n) is 3.87. The molecular weight excluding hydrogens is 443 g/mol. The number of benzene rings is 1. The van der Waals surface area contributed by atoms with E-state index >= 15 is 0 Å². The zero-order valence-corrected chi connectivity index (χ0v) is 17.7. The van der Waals surface area contributed by atoms with Crippen LogP contribution in [0, 0.1) is 6.92 Å². The molecule has 6 nitrogen and oxygen atoms in total. The minimum atomic E-state index is -0.119. The van der Waals surface area contributed by atoms with Crippen LogP contribution in [0.5, 0.6) is 0 Å². The highest BCUT2D eigenvalue weighted by atomic mass is 127. The first-order chi connectivity index (χ1) is 12.1. The molecule has 1 unspecified atom stereocenters. The Morgan fingerprint density at radius 1 is 1.19 bits per heavy atom. The lowest BCUT2D eigenvalue weighted by Gasteiger charge is -2.16. The van der Waals surface area contributed by atoms with Crippen molar-refractivity contribution in [2.45, 2.75) is 26.3 Å². The molecule has 1 aromatic carbocycles. The largest absolute Gasteiger partial charge is 0.467 e. The van der Waals surface area contributed by atoms with Gasteiger partial charge in [-0.3, -0.25) is 9.79 Å². The molecule has 0 aliphatic carbocycles. The molecule has 1 atom stereocenters. The minimum absolute atomic E-state index is 0. The Balaban J connectivity index is 0.00000338.